The van der Waals surface area contributed by atoms with Gasteiger partial charge in [0, 0.05) is 28.0 Å². The molecule has 0 aliphatic carbocycles. The van der Waals surface area contributed by atoms with Crippen molar-refractivity contribution < 1.29 is 4.74 Å². The molecule has 0 amide bonds. The SMILES string of the molecule is COc1ccc(Br)cc1/C=N\n1c(-c2ccncc2)n[nH]c1=S. The number of hydrogen-bond acceptors (Lipinski definition) is 5. The predicted octanol–water partition coefficient (Wildman–Crippen LogP) is 3.66. The first-order chi connectivity index (χ1) is 11.2. The summed E-state index contributed by atoms with van der Waals surface area (Å²) in [5, 5.41) is 11.4. The van der Waals surface area contributed by atoms with Gasteiger partial charge in [0.25, 0.3) is 0 Å². The topological polar surface area (TPSA) is 68.1 Å². The van der Waals surface area contributed by atoms with Gasteiger partial charge in [-0.05, 0) is 42.5 Å². The summed E-state index contributed by atoms with van der Waals surface area (Å²) in [4.78, 5) is 4.00. The summed E-state index contributed by atoms with van der Waals surface area (Å²) in [5.74, 6) is 1.33. The van der Waals surface area contributed by atoms with Crippen LogP contribution in [0.5, 0.6) is 5.75 Å². The number of rotatable bonds is 4. The summed E-state index contributed by atoms with van der Waals surface area (Å²) < 4.78 is 8.24. The third-order valence-electron chi connectivity index (χ3n) is 3.09. The lowest BCUT2D eigenvalue weighted by Crippen LogP contribution is -1.97. The average molecular weight is 390 g/mol. The van der Waals surface area contributed by atoms with Gasteiger partial charge >= 0.3 is 0 Å². The zero-order valence-corrected chi connectivity index (χ0v) is 14.5. The molecule has 0 aliphatic heterocycles. The van der Waals surface area contributed by atoms with Crippen molar-refractivity contribution >= 4 is 34.4 Å². The lowest BCUT2D eigenvalue weighted by molar-refractivity contribution is 0.414. The second-order valence-corrected chi connectivity index (χ2v) is 5.83. The monoisotopic (exact) mass is 389 g/mol. The number of hydrogen-bond donors (Lipinski definition) is 1. The maximum absolute atomic E-state index is 5.34. The predicted molar refractivity (Wildman–Crippen MR) is 94.3 cm³/mol. The number of methoxy groups -OCH3 is 1. The van der Waals surface area contributed by atoms with Crippen LogP contribution in [0.1, 0.15) is 5.56 Å². The molecule has 0 saturated carbocycles. The summed E-state index contributed by atoms with van der Waals surface area (Å²) in [7, 11) is 1.62. The van der Waals surface area contributed by atoms with E-state index in [1.165, 1.54) is 0 Å². The van der Waals surface area contributed by atoms with Gasteiger partial charge in [-0.2, -0.15) is 14.9 Å². The van der Waals surface area contributed by atoms with Crippen LogP contribution < -0.4 is 4.74 Å². The fraction of sp³-hybridized carbons (Fsp3) is 0.0667. The Morgan fingerprint density at radius 3 is 2.83 bits per heavy atom. The molecule has 0 saturated heterocycles. The van der Waals surface area contributed by atoms with Gasteiger partial charge in [0.1, 0.15) is 5.75 Å². The molecule has 3 aromatic rings. The van der Waals surface area contributed by atoms with Crippen LogP contribution in [0.15, 0.2) is 52.3 Å². The van der Waals surface area contributed by atoms with Crippen molar-refractivity contribution in [2.24, 2.45) is 5.10 Å². The zero-order valence-electron chi connectivity index (χ0n) is 12.1. The first-order valence-corrected chi connectivity index (χ1v) is 7.85. The second kappa shape index (κ2) is 6.84. The molecule has 23 heavy (non-hydrogen) atoms. The van der Waals surface area contributed by atoms with Gasteiger partial charge in [0.05, 0.1) is 13.3 Å². The van der Waals surface area contributed by atoms with Gasteiger partial charge in [-0.1, -0.05) is 15.9 Å². The van der Waals surface area contributed by atoms with Gasteiger partial charge in [-0.25, -0.2) is 5.10 Å². The number of ether oxygens (including phenoxy) is 1. The minimum absolute atomic E-state index is 0.405. The minimum atomic E-state index is 0.405. The van der Waals surface area contributed by atoms with E-state index >= 15 is 0 Å². The van der Waals surface area contributed by atoms with Crippen LogP contribution in [0.2, 0.25) is 0 Å². The van der Waals surface area contributed by atoms with Crippen LogP contribution >= 0.6 is 28.1 Å². The highest BCUT2D eigenvalue weighted by Crippen LogP contribution is 2.22. The van der Waals surface area contributed by atoms with Crippen molar-refractivity contribution in [1.82, 2.24) is 19.9 Å². The molecule has 0 radical (unpaired) electrons. The van der Waals surface area contributed by atoms with E-state index in [0.29, 0.717) is 10.6 Å². The number of H-pyrrole nitrogens is 1. The molecule has 6 nitrogen and oxygen atoms in total. The fourth-order valence-electron chi connectivity index (χ4n) is 2.01. The molecule has 3 rings (SSSR count). The van der Waals surface area contributed by atoms with Crippen molar-refractivity contribution in [2.75, 3.05) is 7.11 Å². The molecular formula is C15H12BrN5OS. The Morgan fingerprint density at radius 2 is 2.09 bits per heavy atom. The molecule has 1 N–H and O–H groups in total. The van der Waals surface area contributed by atoms with Gasteiger partial charge in [-0.3, -0.25) is 4.98 Å². The van der Waals surface area contributed by atoms with Crippen LogP contribution in [0.4, 0.5) is 0 Å². The van der Waals surface area contributed by atoms with Crippen LogP contribution in [0, 0.1) is 4.77 Å². The first kappa shape index (κ1) is 15.6. The number of halogens is 1. The van der Waals surface area contributed by atoms with Gasteiger partial charge < -0.3 is 4.74 Å². The van der Waals surface area contributed by atoms with E-state index in [1.807, 2.05) is 30.3 Å². The minimum Gasteiger partial charge on any atom is -0.496 e. The number of aromatic amines is 1. The van der Waals surface area contributed by atoms with E-state index in [9.17, 15) is 0 Å². The van der Waals surface area contributed by atoms with Crippen LogP contribution in [0.25, 0.3) is 11.4 Å². The number of nitrogens with one attached hydrogen (secondary N) is 1. The molecule has 0 unspecified atom stereocenters. The van der Waals surface area contributed by atoms with Crippen molar-refractivity contribution in [3.63, 3.8) is 0 Å². The quantitative estimate of drug-likeness (QED) is 0.546. The lowest BCUT2D eigenvalue weighted by atomic mass is 10.2. The largest absolute Gasteiger partial charge is 0.496 e. The smallest absolute Gasteiger partial charge is 0.216 e. The third kappa shape index (κ3) is 3.38. The van der Waals surface area contributed by atoms with E-state index in [1.54, 1.807) is 30.4 Å². The highest BCUT2D eigenvalue weighted by molar-refractivity contribution is 9.10. The molecule has 116 valence electrons. The molecule has 2 heterocycles. The third-order valence-corrected chi connectivity index (χ3v) is 3.85. The molecule has 0 aliphatic rings. The summed E-state index contributed by atoms with van der Waals surface area (Å²) in [6, 6.07) is 9.37. The maximum Gasteiger partial charge on any atom is 0.216 e. The van der Waals surface area contributed by atoms with E-state index in [2.05, 4.69) is 36.2 Å². The Labute approximate surface area is 146 Å². The number of nitrogens with zero attached hydrogens (tertiary/aromatic N) is 4. The molecule has 8 heteroatoms. The highest BCUT2D eigenvalue weighted by Gasteiger charge is 2.08. The van der Waals surface area contributed by atoms with Crippen molar-refractivity contribution in [3.05, 3.63) is 57.5 Å². The molecule has 0 atom stereocenters. The lowest BCUT2D eigenvalue weighted by Gasteiger charge is -2.05. The Kier molecular flexibility index (Phi) is 4.63. The number of benzene rings is 1. The number of aromatic nitrogens is 4. The molecule has 0 fully saturated rings. The standard InChI is InChI=1S/C15H12BrN5OS/c1-22-13-3-2-12(16)8-11(13)9-18-21-14(19-20-15(21)23)10-4-6-17-7-5-10/h2-9H,1H3,(H,20,23)/b18-9-. The number of pyridine rings is 1. The van der Waals surface area contributed by atoms with Crippen molar-refractivity contribution in [3.8, 4) is 17.1 Å². The fourth-order valence-corrected chi connectivity index (χ4v) is 2.57. The van der Waals surface area contributed by atoms with Crippen molar-refractivity contribution in [1.29, 1.82) is 0 Å². The van der Waals surface area contributed by atoms with Crippen LogP contribution in [-0.4, -0.2) is 33.2 Å². The Balaban J connectivity index is 2.03. The summed E-state index contributed by atoms with van der Waals surface area (Å²) >= 11 is 8.69. The molecule has 0 spiro atoms. The summed E-state index contributed by atoms with van der Waals surface area (Å²) in [6.45, 7) is 0. The molecular weight excluding hydrogens is 378 g/mol. The molecule has 0 bridgehead atoms. The van der Waals surface area contributed by atoms with Gasteiger partial charge in [0.15, 0.2) is 5.82 Å². The van der Waals surface area contributed by atoms with E-state index in [-0.39, 0.29) is 0 Å². The summed E-state index contributed by atoms with van der Waals surface area (Å²) in [5.41, 5.74) is 1.69. The normalized spacial score (nSPS) is 11.0. The highest BCUT2D eigenvalue weighted by atomic mass is 79.9. The first-order valence-electron chi connectivity index (χ1n) is 6.65. The van der Waals surface area contributed by atoms with E-state index < -0.39 is 0 Å². The second-order valence-electron chi connectivity index (χ2n) is 4.53. The molecule has 1 aromatic carbocycles. The Morgan fingerprint density at radius 1 is 1.30 bits per heavy atom. The zero-order chi connectivity index (χ0) is 16.2. The summed E-state index contributed by atoms with van der Waals surface area (Å²) in [6.07, 6.45) is 5.07. The van der Waals surface area contributed by atoms with Gasteiger partial charge in [-0.15, -0.1) is 0 Å². The van der Waals surface area contributed by atoms with Crippen LogP contribution in [-0.2, 0) is 0 Å². The van der Waals surface area contributed by atoms with E-state index in [0.717, 1.165) is 21.3 Å². The van der Waals surface area contributed by atoms with E-state index in [4.69, 9.17) is 17.0 Å². The Hall–Kier alpha value is -2.32. The maximum atomic E-state index is 5.34. The van der Waals surface area contributed by atoms with Gasteiger partial charge in [0.2, 0.25) is 4.77 Å². The Bertz CT molecular complexity index is 904. The average Bonchev–Trinajstić information content (AvgIpc) is 2.94. The van der Waals surface area contributed by atoms with Crippen molar-refractivity contribution in [2.45, 2.75) is 0 Å². The molecule has 2 aromatic heterocycles. The van der Waals surface area contributed by atoms with Crippen LogP contribution in [0.3, 0.4) is 0 Å².